The maximum Gasteiger partial charge on any atom is 0.252 e. The van der Waals surface area contributed by atoms with E-state index in [9.17, 15) is 9.59 Å². The van der Waals surface area contributed by atoms with Crippen LogP contribution in [-0.2, 0) is 4.79 Å². The van der Waals surface area contributed by atoms with E-state index in [1.165, 1.54) is 11.3 Å². The van der Waals surface area contributed by atoms with Gasteiger partial charge in [0.05, 0.1) is 23.3 Å². The lowest BCUT2D eigenvalue weighted by molar-refractivity contribution is -0.115. The van der Waals surface area contributed by atoms with Crippen LogP contribution < -0.4 is 10.6 Å². The Morgan fingerprint density at radius 2 is 1.86 bits per heavy atom. The molecule has 0 unspecified atom stereocenters. The Hall–Kier alpha value is -3.58. The Morgan fingerprint density at radius 3 is 2.62 bits per heavy atom. The third-order valence-electron chi connectivity index (χ3n) is 4.40. The molecule has 0 aliphatic heterocycles. The number of pyridine rings is 1. The first kappa shape index (κ1) is 18.8. The van der Waals surface area contributed by atoms with Crippen molar-refractivity contribution in [2.75, 3.05) is 11.9 Å². The van der Waals surface area contributed by atoms with Crippen LogP contribution in [-0.4, -0.2) is 28.3 Å². The summed E-state index contributed by atoms with van der Waals surface area (Å²) in [4.78, 5) is 33.6. The van der Waals surface area contributed by atoms with Crippen molar-refractivity contribution in [2.45, 2.75) is 6.92 Å². The zero-order valence-electron chi connectivity index (χ0n) is 15.7. The molecule has 0 spiro atoms. The summed E-state index contributed by atoms with van der Waals surface area (Å²) in [6, 6.07) is 17.2. The van der Waals surface area contributed by atoms with Crippen LogP contribution in [0.2, 0.25) is 0 Å². The predicted octanol–water partition coefficient (Wildman–Crippen LogP) is 4.04. The van der Waals surface area contributed by atoms with Gasteiger partial charge in [-0.15, -0.1) is 11.3 Å². The molecule has 2 aromatic heterocycles. The average molecular weight is 402 g/mol. The van der Waals surface area contributed by atoms with Crippen LogP contribution in [0.1, 0.15) is 15.9 Å². The Labute approximate surface area is 171 Å². The fourth-order valence-electron chi connectivity index (χ4n) is 2.94. The molecule has 0 saturated heterocycles. The molecule has 0 aliphatic rings. The number of aryl methyl sites for hydroxylation is 1. The molecular formula is C22H18N4O2S. The van der Waals surface area contributed by atoms with E-state index in [2.05, 4.69) is 15.6 Å². The first-order chi connectivity index (χ1) is 14.1. The molecule has 2 amide bonds. The number of anilines is 1. The summed E-state index contributed by atoms with van der Waals surface area (Å²) in [5.41, 5.74) is 3.99. The van der Waals surface area contributed by atoms with Crippen LogP contribution in [0.4, 0.5) is 5.13 Å². The lowest BCUT2D eigenvalue weighted by atomic mass is 10.0. The first-order valence-corrected chi connectivity index (χ1v) is 9.92. The number of para-hydroxylation sites is 1. The number of carbonyl (C=O) groups is 2. The van der Waals surface area contributed by atoms with Gasteiger partial charge in [0.15, 0.2) is 5.13 Å². The highest BCUT2D eigenvalue weighted by Gasteiger charge is 2.15. The second-order valence-electron chi connectivity index (χ2n) is 6.51. The molecule has 0 radical (unpaired) electrons. The first-order valence-electron chi connectivity index (χ1n) is 9.04. The number of amides is 2. The molecule has 4 aromatic rings. The molecule has 0 atom stereocenters. The number of benzene rings is 2. The molecule has 2 N–H and O–H groups in total. The van der Waals surface area contributed by atoms with Gasteiger partial charge >= 0.3 is 0 Å². The molecule has 2 aromatic carbocycles. The van der Waals surface area contributed by atoms with E-state index in [0.717, 1.165) is 22.0 Å². The minimum absolute atomic E-state index is 0.144. The predicted molar refractivity (Wildman–Crippen MR) is 115 cm³/mol. The summed E-state index contributed by atoms with van der Waals surface area (Å²) in [5.74, 6) is -0.656. The molecule has 7 heteroatoms. The summed E-state index contributed by atoms with van der Waals surface area (Å²) in [7, 11) is 0. The van der Waals surface area contributed by atoms with Gasteiger partial charge in [-0.3, -0.25) is 9.59 Å². The van der Waals surface area contributed by atoms with E-state index in [0.29, 0.717) is 16.4 Å². The van der Waals surface area contributed by atoms with E-state index in [1.54, 1.807) is 17.6 Å². The third kappa shape index (κ3) is 4.30. The van der Waals surface area contributed by atoms with Crippen LogP contribution in [0.3, 0.4) is 0 Å². The topological polar surface area (TPSA) is 84.0 Å². The molecule has 4 rings (SSSR count). The van der Waals surface area contributed by atoms with Gasteiger partial charge in [-0.25, -0.2) is 9.97 Å². The van der Waals surface area contributed by atoms with Crippen molar-refractivity contribution >= 4 is 39.2 Å². The number of nitrogens with one attached hydrogen (secondary N) is 2. The Morgan fingerprint density at radius 1 is 1.07 bits per heavy atom. The molecule has 29 heavy (non-hydrogen) atoms. The average Bonchev–Trinajstić information content (AvgIpc) is 3.24. The van der Waals surface area contributed by atoms with Gasteiger partial charge in [0.1, 0.15) is 0 Å². The van der Waals surface area contributed by atoms with E-state index in [-0.39, 0.29) is 18.4 Å². The number of hydrogen-bond donors (Lipinski definition) is 2. The van der Waals surface area contributed by atoms with Crippen molar-refractivity contribution in [3.05, 3.63) is 77.3 Å². The van der Waals surface area contributed by atoms with Gasteiger partial charge in [0.2, 0.25) is 5.91 Å². The minimum Gasteiger partial charge on any atom is -0.343 e. The molecule has 144 valence electrons. The zero-order chi connectivity index (χ0) is 20.2. The number of carbonyl (C=O) groups excluding carboxylic acids is 2. The SMILES string of the molecule is Cc1ccc(-c2cc(C(=O)NCC(=O)Nc3nccs3)c3ccccc3n2)cc1. The number of nitrogens with zero attached hydrogens (tertiary/aromatic N) is 2. The van der Waals surface area contributed by atoms with Gasteiger partial charge in [-0.1, -0.05) is 48.0 Å². The largest absolute Gasteiger partial charge is 0.343 e. The van der Waals surface area contributed by atoms with Gasteiger partial charge in [-0.05, 0) is 19.1 Å². The normalized spacial score (nSPS) is 10.7. The summed E-state index contributed by atoms with van der Waals surface area (Å²) < 4.78 is 0. The number of fused-ring (bicyclic) bond motifs is 1. The maximum atomic E-state index is 12.9. The van der Waals surface area contributed by atoms with E-state index < -0.39 is 0 Å². The monoisotopic (exact) mass is 402 g/mol. The summed E-state index contributed by atoms with van der Waals surface area (Å²) in [6.07, 6.45) is 1.61. The van der Waals surface area contributed by atoms with Gasteiger partial charge in [-0.2, -0.15) is 0 Å². The highest BCUT2D eigenvalue weighted by Crippen LogP contribution is 2.25. The van der Waals surface area contributed by atoms with Crippen molar-refractivity contribution in [3.63, 3.8) is 0 Å². The second-order valence-corrected chi connectivity index (χ2v) is 7.40. The zero-order valence-corrected chi connectivity index (χ0v) is 16.5. The van der Waals surface area contributed by atoms with Crippen molar-refractivity contribution in [2.24, 2.45) is 0 Å². The van der Waals surface area contributed by atoms with E-state index >= 15 is 0 Å². The van der Waals surface area contributed by atoms with Crippen molar-refractivity contribution in [1.29, 1.82) is 0 Å². The highest BCUT2D eigenvalue weighted by molar-refractivity contribution is 7.13. The molecule has 0 bridgehead atoms. The summed E-state index contributed by atoms with van der Waals surface area (Å²) in [5, 5.41) is 8.34. The van der Waals surface area contributed by atoms with Crippen LogP contribution >= 0.6 is 11.3 Å². The number of thiazole rings is 1. The standard InChI is InChI=1S/C22H18N4O2S/c1-14-6-8-15(9-7-14)19-12-17(16-4-2-3-5-18(16)25-19)21(28)24-13-20(27)26-22-23-10-11-29-22/h2-12H,13H2,1H3,(H,24,28)(H,23,26,27). The quantitative estimate of drug-likeness (QED) is 0.528. The highest BCUT2D eigenvalue weighted by atomic mass is 32.1. The minimum atomic E-state index is -0.328. The summed E-state index contributed by atoms with van der Waals surface area (Å²) >= 11 is 1.32. The van der Waals surface area contributed by atoms with Crippen LogP contribution in [0.5, 0.6) is 0 Å². The summed E-state index contributed by atoms with van der Waals surface area (Å²) in [6.45, 7) is 1.88. The molecule has 0 saturated carbocycles. The molecule has 2 heterocycles. The molecule has 0 fully saturated rings. The van der Waals surface area contributed by atoms with Crippen molar-refractivity contribution in [1.82, 2.24) is 15.3 Å². The molecule has 0 aliphatic carbocycles. The number of rotatable bonds is 5. The fourth-order valence-corrected chi connectivity index (χ4v) is 3.48. The molecule has 6 nitrogen and oxygen atoms in total. The van der Waals surface area contributed by atoms with E-state index in [4.69, 9.17) is 4.98 Å². The van der Waals surface area contributed by atoms with Crippen LogP contribution in [0.25, 0.3) is 22.2 Å². The number of aromatic nitrogens is 2. The third-order valence-corrected chi connectivity index (χ3v) is 5.08. The van der Waals surface area contributed by atoms with Gasteiger partial charge in [0, 0.05) is 22.5 Å². The van der Waals surface area contributed by atoms with Gasteiger partial charge in [0.25, 0.3) is 5.91 Å². The Kier molecular flexibility index (Phi) is 5.31. The lowest BCUT2D eigenvalue weighted by Gasteiger charge is -2.11. The molecular weight excluding hydrogens is 384 g/mol. The Balaban J connectivity index is 1.60. The maximum absolute atomic E-state index is 12.9. The second kappa shape index (κ2) is 8.20. The van der Waals surface area contributed by atoms with Crippen LogP contribution in [0, 0.1) is 6.92 Å². The van der Waals surface area contributed by atoms with Crippen molar-refractivity contribution < 1.29 is 9.59 Å². The smallest absolute Gasteiger partial charge is 0.252 e. The lowest BCUT2D eigenvalue weighted by Crippen LogP contribution is -2.33. The number of hydrogen-bond acceptors (Lipinski definition) is 5. The van der Waals surface area contributed by atoms with Crippen molar-refractivity contribution in [3.8, 4) is 11.3 Å². The fraction of sp³-hybridized carbons (Fsp3) is 0.0909. The Bertz CT molecular complexity index is 1170. The van der Waals surface area contributed by atoms with E-state index in [1.807, 2.05) is 55.5 Å². The van der Waals surface area contributed by atoms with Crippen LogP contribution in [0.15, 0.2) is 66.2 Å². The van der Waals surface area contributed by atoms with Gasteiger partial charge < -0.3 is 10.6 Å².